The molecule has 0 fully saturated rings. The molecule has 300 valence electrons. The normalized spacial score (nSPS) is 12.7. The minimum atomic E-state index is -0.173. The Morgan fingerprint density at radius 2 is 0.905 bits per heavy atom. The third-order valence-corrected chi connectivity index (χ3v) is 12.6. The van der Waals surface area contributed by atoms with Crippen molar-refractivity contribution in [2.24, 2.45) is 0 Å². The molecule has 3 heterocycles. The Balaban J connectivity index is 0.859. The van der Waals surface area contributed by atoms with Gasteiger partial charge in [-0.05, 0) is 123 Å². The predicted molar refractivity (Wildman–Crippen MR) is 263 cm³/mol. The topological polar surface area (TPSA) is 32.3 Å². The van der Waals surface area contributed by atoms with Crippen LogP contribution in [0.25, 0.3) is 55.4 Å². The van der Waals surface area contributed by atoms with Gasteiger partial charge in [-0.25, -0.2) is 0 Å². The monoisotopic (exact) mass is 808 g/mol. The average Bonchev–Trinajstić information content (AvgIpc) is 3.35. The summed E-state index contributed by atoms with van der Waals surface area (Å²) in [5, 5.41) is 1.11. The van der Waals surface area contributed by atoms with Crippen molar-refractivity contribution in [1.82, 2.24) is 9.97 Å². The lowest BCUT2D eigenvalue weighted by Crippen LogP contribution is -2.30. The quantitative estimate of drug-likeness (QED) is 0.153. The zero-order chi connectivity index (χ0) is 42.3. The first-order chi connectivity index (χ1) is 31.0. The summed E-state index contributed by atoms with van der Waals surface area (Å²) in [7, 11) is 0. The number of anilines is 6. The summed E-state index contributed by atoms with van der Waals surface area (Å²) >= 11 is 0. The minimum absolute atomic E-state index is 0.173. The smallest absolute Gasteiger partial charge is 0.0891 e. The molecule has 63 heavy (non-hydrogen) atoms. The molecule has 0 unspecified atom stereocenters. The summed E-state index contributed by atoms with van der Waals surface area (Å²) in [5.74, 6) is 0. The molecule has 0 N–H and O–H groups in total. The van der Waals surface area contributed by atoms with E-state index in [0.29, 0.717) is 0 Å². The van der Waals surface area contributed by atoms with E-state index in [-0.39, 0.29) is 5.41 Å². The summed E-state index contributed by atoms with van der Waals surface area (Å²) in [6.07, 6.45) is 5.55. The maximum Gasteiger partial charge on any atom is 0.0891 e. The van der Waals surface area contributed by atoms with Gasteiger partial charge >= 0.3 is 0 Å². The molecule has 4 nitrogen and oxygen atoms in total. The van der Waals surface area contributed by atoms with Gasteiger partial charge in [-0.2, -0.15) is 0 Å². The zero-order valence-corrected chi connectivity index (χ0v) is 35.2. The maximum atomic E-state index is 4.48. The second kappa shape index (κ2) is 15.7. The summed E-state index contributed by atoms with van der Waals surface area (Å²) in [4.78, 5) is 13.6. The number of hydrogen-bond acceptors (Lipinski definition) is 4. The van der Waals surface area contributed by atoms with Crippen LogP contribution in [0.4, 0.5) is 34.1 Å². The van der Waals surface area contributed by atoms with Crippen molar-refractivity contribution in [3.63, 3.8) is 0 Å². The van der Waals surface area contributed by atoms with Crippen molar-refractivity contribution in [2.45, 2.75) is 19.3 Å². The highest BCUT2D eigenvalue weighted by atomic mass is 15.2. The number of para-hydroxylation sites is 3. The van der Waals surface area contributed by atoms with Gasteiger partial charge in [0.25, 0.3) is 0 Å². The van der Waals surface area contributed by atoms with E-state index in [0.717, 1.165) is 44.8 Å². The lowest BCUT2D eigenvalue weighted by molar-refractivity contribution is 0.632. The Morgan fingerprint density at radius 3 is 1.54 bits per heavy atom. The molecule has 10 aromatic rings. The van der Waals surface area contributed by atoms with Crippen molar-refractivity contribution in [3.8, 4) is 44.5 Å². The van der Waals surface area contributed by atoms with Gasteiger partial charge in [0.15, 0.2) is 0 Å². The third-order valence-electron chi connectivity index (χ3n) is 12.6. The van der Waals surface area contributed by atoms with E-state index in [4.69, 9.17) is 0 Å². The first kappa shape index (κ1) is 37.9. The fourth-order valence-corrected chi connectivity index (χ4v) is 9.30. The van der Waals surface area contributed by atoms with E-state index >= 15 is 0 Å². The van der Waals surface area contributed by atoms with Crippen LogP contribution in [0.5, 0.6) is 0 Å². The Labute approximate surface area is 369 Å². The molecule has 0 amide bonds. The van der Waals surface area contributed by atoms with Gasteiger partial charge in [0.2, 0.25) is 0 Å². The SMILES string of the molecule is CC1(C)c2ccccc2N(c2ccccc2)c2ccc(-c3ccc(N(c4ccccc4)c4ccc(-c5ccc(-c6ccc(-c7cncc8ncccc78)cc6)cc5)cc4)cc3)cc21. The molecular formula is C59H44N4. The molecule has 0 saturated carbocycles. The van der Waals surface area contributed by atoms with Crippen LogP contribution in [0.2, 0.25) is 0 Å². The molecule has 2 aromatic heterocycles. The van der Waals surface area contributed by atoms with E-state index in [2.05, 4.69) is 240 Å². The Kier molecular flexibility index (Phi) is 9.47. The predicted octanol–water partition coefficient (Wildman–Crippen LogP) is 15.9. The van der Waals surface area contributed by atoms with E-state index < -0.39 is 0 Å². The minimum Gasteiger partial charge on any atom is -0.311 e. The fraction of sp³-hybridized carbons (Fsp3) is 0.0508. The van der Waals surface area contributed by atoms with Gasteiger partial charge in [-0.15, -0.1) is 0 Å². The van der Waals surface area contributed by atoms with Crippen LogP contribution < -0.4 is 9.80 Å². The van der Waals surface area contributed by atoms with Crippen molar-refractivity contribution in [1.29, 1.82) is 0 Å². The largest absolute Gasteiger partial charge is 0.311 e. The van der Waals surface area contributed by atoms with E-state index in [1.165, 1.54) is 55.9 Å². The van der Waals surface area contributed by atoms with E-state index in [9.17, 15) is 0 Å². The van der Waals surface area contributed by atoms with Crippen molar-refractivity contribution < 1.29 is 0 Å². The second-order valence-electron chi connectivity index (χ2n) is 16.7. The highest BCUT2D eigenvalue weighted by molar-refractivity contribution is 5.94. The highest BCUT2D eigenvalue weighted by Gasteiger charge is 2.37. The fourth-order valence-electron chi connectivity index (χ4n) is 9.30. The lowest BCUT2D eigenvalue weighted by atomic mass is 9.73. The molecule has 0 aliphatic carbocycles. The van der Waals surface area contributed by atoms with Gasteiger partial charge in [0, 0.05) is 51.5 Å². The molecule has 4 heteroatoms. The average molecular weight is 809 g/mol. The molecule has 0 atom stereocenters. The summed E-state index contributed by atoms with van der Waals surface area (Å²) in [6.45, 7) is 4.70. The van der Waals surface area contributed by atoms with Crippen LogP contribution >= 0.6 is 0 Å². The lowest BCUT2D eigenvalue weighted by Gasteiger charge is -2.42. The van der Waals surface area contributed by atoms with Gasteiger partial charge in [0.05, 0.1) is 23.1 Å². The van der Waals surface area contributed by atoms with Crippen LogP contribution in [-0.2, 0) is 5.41 Å². The number of hydrogen-bond donors (Lipinski definition) is 0. The van der Waals surface area contributed by atoms with Gasteiger partial charge in [0.1, 0.15) is 0 Å². The molecule has 0 radical (unpaired) electrons. The van der Waals surface area contributed by atoms with Crippen LogP contribution in [0.1, 0.15) is 25.0 Å². The Morgan fingerprint density at radius 1 is 0.413 bits per heavy atom. The third kappa shape index (κ3) is 6.92. The van der Waals surface area contributed by atoms with Crippen molar-refractivity contribution >= 4 is 45.0 Å². The van der Waals surface area contributed by atoms with Crippen LogP contribution in [-0.4, -0.2) is 9.97 Å². The van der Waals surface area contributed by atoms with Crippen LogP contribution in [0.3, 0.4) is 0 Å². The molecular weight excluding hydrogens is 765 g/mol. The first-order valence-electron chi connectivity index (χ1n) is 21.5. The highest BCUT2D eigenvalue weighted by Crippen LogP contribution is 2.52. The molecule has 11 rings (SSSR count). The molecule has 0 bridgehead atoms. The summed E-state index contributed by atoms with van der Waals surface area (Å²) in [6, 6.07) is 76.7. The van der Waals surface area contributed by atoms with Gasteiger partial charge in [-0.3, -0.25) is 9.97 Å². The van der Waals surface area contributed by atoms with Gasteiger partial charge < -0.3 is 9.80 Å². The molecule has 0 saturated heterocycles. The zero-order valence-electron chi connectivity index (χ0n) is 35.2. The van der Waals surface area contributed by atoms with Crippen LogP contribution in [0, 0.1) is 0 Å². The first-order valence-corrected chi connectivity index (χ1v) is 21.5. The number of fused-ring (bicyclic) bond motifs is 3. The van der Waals surface area contributed by atoms with E-state index in [1.807, 2.05) is 24.7 Å². The number of benzene rings is 8. The molecule has 0 spiro atoms. The van der Waals surface area contributed by atoms with Crippen molar-refractivity contribution in [2.75, 3.05) is 9.80 Å². The Bertz CT molecular complexity index is 3210. The number of rotatable bonds is 8. The molecule has 1 aliphatic rings. The maximum absolute atomic E-state index is 4.48. The van der Waals surface area contributed by atoms with E-state index in [1.54, 1.807) is 0 Å². The summed E-state index contributed by atoms with van der Waals surface area (Å²) in [5.41, 5.74) is 19.6. The molecule has 1 aliphatic heterocycles. The number of nitrogens with zero attached hydrogens (tertiary/aromatic N) is 4. The Hall–Kier alpha value is -8.08. The molecule has 8 aromatic carbocycles. The van der Waals surface area contributed by atoms with Crippen molar-refractivity contribution in [3.05, 3.63) is 242 Å². The number of pyridine rings is 2. The standard InChI is InChI=1S/C59H44N4/c1-59(2)54-17-9-10-18-57(54)63(49-14-7-4-8-15-49)58-36-31-47(38-55(58)59)45-29-34-51(35-30-45)62(48-12-5-3-6-13-48)50-32-27-44(28-33-50)42-21-19-41(20-22-42)43-23-25-46(26-24-43)53-39-60-40-56-52(53)16-11-37-61-56/h3-40H,1-2H3. The summed E-state index contributed by atoms with van der Waals surface area (Å²) < 4.78 is 0. The van der Waals surface area contributed by atoms with Gasteiger partial charge in [-0.1, -0.05) is 153 Å². The number of aromatic nitrogens is 2. The van der Waals surface area contributed by atoms with Crippen LogP contribution in [0.15, 0.2) is 231 Å². The second-order valence-corrected chi connectivity index (χ2v) is 16.7.